The molecule has 3 heterocycles. The Kier molecular flexibility index (Phi) is 7.82. The van der Waals surface area contributed by atoms with Crippen LogP contribution in [0.15, 0.2) is 36.5 Å². The van der Waals surface area contributed by atoms with Gasteiger partial charge in [0, 0.05) is 37.8 Å². The van der Waals surface area contributed by atoms with E-state index in [1.54, 1.807) is 42.1 Å². The highest BCUT2D eigenvalue weighted by Gasteiger charge is 2.45. The highest BCUT2D eigenvalue weighted by Crippen LogP contribution is 2.42. The summed E-state index contributed by atoms with van der Waals surface area (Å²) in [5.41, 5.74) is 1.67. The molecular weight excluding hydrogens is 589 g/mol. The highest BCUT2D eigenvalue weighted by atomic mass is 35.5. The standard InChI is InChI=1S/C29H30Cl3N5O4/c1-5-41-27(40)29(15-18-16-37(34-33-18)24-14-21(31)20(30)13-22(24)32)8-10-36(11-9-29)25(38)17-6-7-23-19(12-17)28(2,3)26(39)35(23)4/h6-7,12-14,16H,5,8-11,15H2,1-4H3. The second-order valence-corrected chi connectivity index (χ2v) is 12.3. The van der Waals surface area contributed by atoms with Crippen molar-refractivity contribution in [3.63, 3.8) is 0 Å². The Labute approximate surface area is 253 Å². The third-order valence-electron chi connectivity index (χ3n) is 8.13. The van der Waals surface area contributed by atoms with E-state index in [1.807, 2.05) is 26.0 Å². The smallest absolute Gasteiger partial charge is 0.312 e. The molecule has 1 saturated heterocycles. The van der Waals surface area contributed by atoms with Gasteiger partial charge in [-0.25, -0.2) is 4.68 Å². The van der Waals surface area contributed by atoms with Gasteiger partial charge < -0.3 is 14.5 Å². The van der Waals surface area contributed by atoms with Crippen molar-refractivity contribution in [1.29, 1.82) is 0 Å². The number of fused-ring (bicyclic) bond motifs is 1. The van der Waals surface area contributed by atoms with Crippen LogP contribution in [0.3, 0.4) is 0 Å². The van der Waals surface area contributed by atoms with Gasteiger partial charge in [0.1, 0.15) is 0 Å². The molecule has 5 rings (SSSR count). The van der Waals surface area contributed by atoms with Gasteiger partial charge >= 0.3 is 5.97 Å². The molecule has 0 radical (unpaired) electrons. The third-order valence-corrected chi connectivity index (χ3v) is 9.16. The van der Waals surface area contributed by atoms with Gasteiger partial charge in [-0.15, -0.1) is 5.10 Å². The molecule has 12 heteroatoms. The summed E-state index contributed by atoms with van der Waals surface area (Å²) in [6.07, 6.45) is 2.79. The lowest BCUT2D eigenvalue weighted by molar-refractivity contribution is -0.158. The summed E-state index contributed by atoms with van der Waals surface area (Å²) in [5, 5.41) is 9.49. The van der Waals surface area contributed by atoms with Crippen LogP contribution in [0.4, 0.5) is 5.69 Å². The Morgan fingerprint density at radius 1 is 1.00 bits per heavy atom. The zero-order valence-corrected chi connectivity index (χ0v) is 25.5. The topological polar surface area (TPSA) is 97.6 Å². The second-order valence-electron chi connectivity index (χ2n) is 11.1. The van der Waals surface area contributed by atoms with Crippen LogP contribution in [0.25, 0.3) is 5.69 Å². The number of hydrogen-bond acceptors (Lipinski definition) is 6. The molecule has 2 aliphatic rings. The summed E-state index contributed by atoms with van der Waals surface area (Å²) < 4.78 is 6.98. The molecule has 2 amide bonds. The number of likely N-dealkylation sites (tertiary alicyclic amines) is 1. The number of likely N-dealkylation sites (N-methyl/N-ethyl adjacent to an activating group) is 1. The molecule has 9 nitrogen and oxygen atoms in total. The number of anilines is 1. The van der Waals surface area contributed by atoms with Crippen LogP contribution in [0.1, 0.15) is 55.2 Å². The van der Waals surface area contributed by atoms with Crippen molar-refractivity contribution in [3.8, 4) is 5.69 Å². The number of carbonyl (C=O) groups excluding carboxylic acids is 3. The van der Waals surface area contributed by atoms with Gasteiger partial charge in [0.2, 0.25) is 5.91 Å². The second kappa shape index (κ2) is 10.9. The Morgan fingerprint density at radius 3 is 2.37 bits per heavy atom. The fraction of sp³-hybridized carbons (Fsp3) is 0.414. The van der Waals surface area contributed by atoms with Gasteiger partial charge in [-0.1, -0.05) is 40.0 Å². The Hall–Kier alpha value is -3.14. The first-order chi connectivity index (χ1) is 19.4. The molecule has 216 valence electrons. The summed E-state index contributed by atoms with van der Waals surface area (Å²) in [5.74, 6) is -0.467. The van der Waals surface area contributed by atoms with Crippen LogP contribution < -0.4 is 4.90 Å². The number of ether oxygens (including phenoxy) is 1. The number of benzene rings is 2. The van der Waals surface area contributed by atoms with Crippen molar-refractivity contribution in [2.45, 2.75) is 45.4 Å². The van der Waals surface area contributed by atoms with E-state index in [-0.39, 0.29) is 30.8 Å². The summed E-state index contributed by atoms with van der Waals surface area (Å²) in [7, 11) is 1.74. The fourth-order valence-electron chi connectivity index (χ4n) is 5.70. The van der Waals surface area contributed by atoms with Crippen LogP contribution in [0.2, 0.25) is 15.1 Å². The molecule has 0 aliphatic carbocycles. The summed E-state index contributed by atoms with van der Waals surface area (Å²) in [4.78, 5) is 42.9. The van der Waals surface area contributed by atoms with E-state index in [2.05, 4.69) is 10.3 Å². The summed E-state index contributed by atoms with van der Waals surface area (Å²) >= 11 is 18.6. The van der Waals surface area contributed by atoms with Crippen LogP contribution >= 0.6 is 34.8 Å². The molecule has 0 N–H and O–H groups in total. The van der Waals surface area contributed by atoms with Gasteiger partial charge in [0.15, 0.2) is 0 Å². The largest absolute Gasteiger partial charge is 0.466 e. The van der Waals surface area contributed by atoms with Crippen molar-refractivity contribution < 1.29 is 19.1 Å². The number of carbonyl (C=O) groups is 3. The first-order valence-electron chi connectivity index (χ1n) is 13.3. The average molecular weight is 619 g/mol. The average Bonchev–Trinajstić information content (AvgIpc) is 3.47. The van der Waals surface area contributed by atoms with Crippen LogP contribution in [-0.2, 0) is 26.2 Å². The minimum atomic E-state index is -0.871. The van der Waals surface area contributed by atoms with E-state index >= 15 is 0 Å². The third kappa shape index (κ3) is 5.19. The number of nitrogens with zero attached hydrogens (tertiary/aromatic N) is 5. The monoisotopic (exact) mass is 617 g/mol. The van der Waals surface area contributed by atoms with Gasteiger partial charge in [-0.2, -0.15) is 0 Å². The van der Waals surface area contributed by atoms with Crippen molar-refractivity contribution in [1.82, 2.24) is 19.9 Å². The van der Waals surface area contributed by atoms with Gasteiger partial charge in [0.05, 0.1) is 50.1 Å². The maximum atomic E-state index is 13.5. The number of esters is 1. The van der Waals surface area contributed by atoms with E-state index in [0.29, 0.717) is 57.9 Å². The molecule has 0 atom stereocenters. The maximum absolute atomic E-state index is 13.5. The van der Waals surface area contributed by atoms with Crippen molar-refractivity contribution >= 4 is 58.3 Å². The van der Waals surface area contributed by atoms with Crippen LogP contribution in [0, 0.1) is 5.41 Å². The SMILES string of the molecule is CCOC(=O)C1(Cc2cn(-c3cc(Cl)c(Cl)cc3Cl)nn2)CCN(C(=O)c2ccc3c(c2)C(C)(C)C(=O)N3C)CC1. The first-order valence-corrected chi connectivity index (χ1v) is 14.5. The number of amides is 2. The zero-order valence-electron chi connectivity index (χ0n) is 23.2. The predicted octanol–water partition coefficient (Wildman–Crippen LogP) is 5.51. The minimum Gasteiger partial charge on any atom is -0.466 e. The normalized spacial score (nSPS) is 17.5. The summed E-state index contributed by atoms with van der Waals surface area (Å²) in [6, 6.07) is 8.53. The minimum absolute atomic E-state index is 0.00680. The van der Waals surface area contributed by atoms with Crippen molar-refractivity contribution in [2.24, 2.45) is 5.41 Å². The number of hydrogen-bond donors (Lipinski definition) is 0. The zero-order chi connectivity index (χ0) is 29.7. The highest BCUT2D eigenvalue weighted by molar-refractivity contribution is 6.43. The van der Waals surface area contributed by atoms with Crippen molar-refractivity contribution in [2.75, 3.05) is 31.6 Å². The van der Waals surface area contributed by atoms with E-state index in [9.17, 15) is 14.4 Å². The number of halogens is 3. The number of aromatic nitrogens is 3. The van der Waals surface area contributed by atoms with E-state index < -0.39 is 10.8 Å². The fourth-order valence-corrected chi connectivity index (χ4v) is 6.32. The first kappa shape index (κ1) is 29.4. The molecule has 3 aromatic rings. The Morgan fingerprint density at radius 2 is 1.68 bits per heavy atom. The van der Waals surface area contributed by atoms with Crippen molar-refractivity contribution in [3.05, 3.63) is 68.4 Å². The Balaban J connectivity index is 1.35. The van der Waals surface area contributed by atoms with Gasteiger partial charge in [-0.05, 0) is 69.5 Å². The molecule has 0 saturated carbocycles. The molecule has 0 bridgehead atoms. The predicted molar refractivity (Wildman–Crippen MR) is 157 cm³/mol. The van der Waals surface area contributed by atoms with Crippen LogP contribution in [0.5, 0.6) is 0 Å². The number of piperidine rings is 1. The number of rotatable bonds is 6. The molecular formula is C29H30Cl3N5O4. The van der Waals surface area contributed by atoms with E-state index in [4.69, 9.17) is 39.5 Å². The van der Waals surface area contributed by atoms with E-state index in [1.165, 1.54) is 10.7 Å². The van der Waals surface area contributed by atoms with Crippen LogP contribution in [-0.4, -0.2) is 64.4 Å². The van der Waals surface area contributed by atoms with Gasteiger partial charge in [0.25, 0.3) is 5.91 Å². The molecule has 1 aromatic heterocycles. The lowest BCUT2D eigenvalue weighted by atomic mass is 9.74. The quantitative estimate of drug-likeness (QED) is 0.267. The molecule has 2 aromatic carbocycles. The molecule has 0 unspecified atom stereocenters. The lowest BCUT2D eigenvalue weighted by Gasteiger charge is -2.39. The summed E-state index contributed by atoms with van der Waals surface area (Å²) in [6.45, 7) is 6.48. The van der Waals surface area contributed by atoms with Gasteiger partial charge in [-0.3, -0.25) is 14.4 Å². The molecule has 1 fully saturated rings. The Bertz CT molecular complexity index is 1550. The molecule has 2 aliphatic heterocycles. The molecule has 41 heavy (non-hydrogen) atoms. The maximum Gasteiger partial charge on any atom is 0.312 e. The van der Waals surface area contributed by atoms with E-state index in [0.717, 1.165) is 11.3 Å². The molecule has 0 spiro atoms. The lowest BCUT2D eigenvalue weighted by Crippen LogP contribution is -2.48.